The summed E-state index contributed by atoms with van der Waals surface area (Å²) in [5.74, 6) is -36.7. The second-order valence-corrected chi connectivity index (χ2v) is 5.34. The van der Waals surface area contributed by atoms with Crippen LogP contribution in [0.25, 0.3) is 0 Å². The summed E-state index contributed by atoms with van der Waals surface area (Å²) in [6.07, 6.45) is -11.0. The predicted molar refractivity (Wildman–Crippen MR) is 66.0 cm³/mol. The molecular formula is C11H9F13NS. The van der Waals surface area contributed by atoms with Gasteiger partial charge in [-0.15, -0.1) is 0 Å². The van der Waals surface area contributed by atoms with Gasteiger partial charge in [-0.2, -0.15) is 57.1 Å². The van der Waals surface area contributed by atoms with Crippen molar-refractivity contribution in [3.8, 4) is 0 Å². The maximum Gasteiger partial charge on any atom is 0.460 e. The van der Waals surface area contributed by atoms with Gasteiger partial charge in [-0.3, -0.25) is 0 Å². The van der Waals surface area contributed by atoms with E-state index in [4.69, 9.17) is 0 Å². The highest BCUT2D eigenvalue weighted by molar-refractivity contribution is 7.80. The SMILES string of the molecule is [CH2]CNC(=S)CCC(F)(F)C(F)(F)C(F)(F)C(F)(F)C(F)(F)C(F)(F)F. The number of hydrogen-bond donors (Lipinski definition) is 1. The van der Waals surface area contributed by atoms with Gasteiger partial charge in [0.15, 0.2) is 0 Å². The molecule has 0 amide bonds. The number of rotatable bonds is 8. The quantitative estimate of drug-likeness (QED) is 0.414. The first kappa shape index (κ1) is 25.0. The highest BCUT2D eigenvalue weighted by Crippen LogP contribution is 2.60. The summed E-state index contributed by atoms with van der Waals surface area (Å²) in [6, 6.07) is 0. The lowest BCUT2D eigenvalue weighted by molar-refractivity contribution is -0.440. The Kier molecular flexibility index (Phi) is 6.90. The second-order valence-electron chi connectivity index (χ2n) is 4.85. The van der Waals surface area contributed by atoms with Crippen LogP contribution >= 0.6 is 12.2 Å². The van der Waals surface area contributed by atoms with Crippen molar-refractivity contribution in [2.75, 3.05) is 6.54 Å². The zero-order valence-electron chi connectivity index (χ0n) is 12.2. The van der Waals surface area contributed by atoms with Gasteiger partial charge in [-0.1, -0.05) is 12.2 Å². The van der Waals surface area contributed by atoms with E-state index < -0.39 is 53.6 Å². The molecule has 1 nitrogen and oxygen atoms in total. The number of nitrogens with one attached hydrogen (secondary N) is 1. The normalized spacial score (nSPS) is 15.2. The lowest BCUT2D eigenvalue weighted by Crippen LogP contribution is -2.70. The average Bonchev–Trinajstić information content (AvgIpc) is 2.43. The highest BCUT2D eigenvalue weighted by atomic mass is 32.1. The van der Waals surface area contributed by atoms with Crippen LogP contribution in [0.1, 0.15) is 12.8 Å². The molecule has 0 aliphatic carbocycles. The number of alkyl halides is 13. The summed E-state index contributed by atoms with van der Waals surface area (Å²) in [5, 5.41) is 2.02. The molecular weight excluding hydrogens is 425 g/mol. The van der Waals surface area contributed by atoms with Crippen LogP contribution in [0.2, 0.25) is 0 Å². The van der Waals surface area contributed by atoms with E-state index in [2.05, 4.69) is 19.1 Å². The van der Waals surface area contributed by atoms with Crippen LogP contribution in [-0.2, 0) is 0 Å². The molecule has 0 fully saturated rings. The van der Waals surface area contributed by atoms with Crippen LogP contribution in [0.4, 0.5) is 57.1 Å². The van der Waals surface area contributed by atoms with E-state index in [0.29, 0.717) is 0 Å². The van der Waals surface area contributed by atoms with E-state index in [1.165, 1.54) is 0 Å². The molecule has 15 heteroatoms. The largest absolute Gasteiger partial charge is 0.460 e. The monoisotopic (exact) mass is 434 g/mol. The molecule has 0 aromatic rings. The Labute approximate surface area is 142 Å². The second kappa shape index (κ2) is 7.19. The predicted octanol–water partition coefficient (Wildman–Crippen LogP) is 5.26. The molecule has 0 aliphatic rings. The van der Waals surface area contributed by atoms with Crippen molar-refractivity contribution in [2.45, 2.75) is 48.6 Å². The first-order chi connectivity index (χ1) is 11.2. The molecule has 155 valence electrons. The zero-order chi connectivity index (χ0) is 21.4. The van der Waals surface area contributed by atoms with Crippen molar-refractivity contribution in [1.29, 1.82) is 0 Å². The molecule has 0 rings (SSSR count). The van der Waals surface area contributed by atoms with Crippen LogP contribution in [0.15, 0.2) is 0 Å². The van der Waals surface area contributed by atoms with E-state index in [1.54, 1.807) is 0 Å². The molecule has 0 aromatic carbocycles. The van der Waals surface area contributed by atoms with Gasteiger partial charge in [0.2, 0.25) is 0 Å². The van der Waals surface area contributed by atoms with Crippen LogP contribution < -0.4 is 5.32 Å². The van der Waals surface area contributed by atoms with E-state index in [-0.39, 0.29) is 6.54 Å². The summed E-state index contributed by atoms with van der Waals surface area (Å²) in [7, 11) is 0. The molecule has 0 atom stereocenters. The lowest BCUT2D eigenvalue weighted by atomic mass is 9.92. The fourth-order valence-corrected chi connectivity index (χ4v) is 1.66. The third-order valence-corrected chi connectivity index (χ3v) is 3.34. The molecule has 0 saturated carbocycles. The smallest absolute Gasteiger partial charge is 0.380 e. The molecule has 0 saturated heterocycles. The molecule has 1 N–H and O–H groups in total. The minimum absolute atomic E-state index is 0.257. The molecule has 0 bridgehead atoms. The Morgan fingerprint density at radius 2 is 1.08 bits per heavy atom. The first-order valence-electron chi connectivity index (χ1n) is 6.22. The van der Waals surface area contributed by atoms with Crippen LogP contribution in [0.3, 0.4) is 0 Å². The Balaban J connectivity index is 5.89. The van der Waals surface area contributed by atoms with E-state index in [0.717, 1.165) is 0 Å². The van der Waals surface area contributed by atoms with Crippen molar-refractivity contribution in [1.82, 2.24) is 5.32 Å². The van der Waals surface area contributed by atoms with E-state index >= 15 is 0 Å². The summed E-state index contributed by atoms with van der Waals surface area (Å²) in [6.45, 7) is 2.84. The van der Waals surface area contributed by atoms with Crippen molar-refractivity contribution in [2.24, 2.45) is 0 Å². The fraction of sp³-hybridized carbons (Fsp3) is 0.818. The summed E-state index contributed by atoms with van der Waals surface area (Å²) >= 11 is 4.29. The van der Waals surface area contributed by atoms with Gasteiger partial charge < -0.3 is 5.32 Å². The van der Waals surface area contributed by atoms with Gasteiger partial charge in [0.25, 0.3) is 0 Å². The van der Waals surface area contributed by atoms with Gasteiger partial charge in [-0.25, -0.2) is 0 Å². The van der Waals surface area contributed by atoms with Gasteiger partial charge in [-0.05, 0) is 6.92 Å². The van der Waals surface area contributed by atoms with Gasteiger partial charge in [0.1, 0.15) is 0 Å². The molecule has 0 unspecified atom stereocenters. The van der Waals surface area contributed by atoms with E-state index in [1.807, 2.05) is 5.32 Å². The minimum Gasteiger partial charge on any atom is -0.380 e. The van der Waals surface area contributed by atoms with Crippen molar-refractivity contribution < 1.29 is 57.1 Å². The molecule has 0 aromatic heterocycles. The van der Waals surface area contributed by atoms with Crippen LogP contribution in [0, 0.1) is 6.92 Å². The lowest BCUT2D eigenvalue weighted by Gasteiger charge is -2.39. The van der Waals surface area contributed by atoms with Gasteiger partial charge >= 0.3 is 35.8 Å². The fourth-order valence-electron chi connectivity index (χ4n) is 1.46. The van der Waals surface area contributed by atoms with Crippen molar-refractivity contribution in [3.05, 3.63) is 6.92 Å². The van der Waals surface area contributed by atoms with E-state index in [9.17, 15) is 57.1 Å². The highest BCUT2D eigenvalue weighted by Gasteiger charge is 2.90. The third-order valence-electron chi connectivity index (χ3n) is 2.99. The average molecular weight is 434 g/mol. The van der Waals surface area contributed by atoms with Crippen molar-refractivity contribution >= 4 is 17.2 Å². The topological polar surface area (TPSA) is 12.0 Å². The standard InChI is InChI=1S/C11H9F13NS/c1-2-25-5(26)3-4-6(12,13)7(14,15)8(16,17)9(18,19)10(20,21)11(22,23)24/h1-4H2,(H,25,26). The Morgan fingerprint density at radius 3 is 1.42 bits per heavy atom. The number of halogens is 13. The number of hydrogen-bond acceptors (Lipinski definition) is 1. The third kappa shape index (κ3) is 3.96. The summed E-state index contributed by atoms with van der Waals surface area (Å²) in [5.41, 5.74) is 0. The maximum absolute atomic E-state index is 13.3. The Hall–Kier alpha value is -1.02. The number of thiocarbonyl (C=S) groups is 1. The summed E-state index contributed by atoms with van der Waals surface area (Å²) < 4.78 is 166. The maximum atomic E-state index is 13.3. The van der Waals surface area contributed by atoms with Crippen LogP contribution in [0.5, 0.6) is 0 Å². The zero-order valence-corrected chi connectivity index (χ0v) is 13.0. The van der Waals surface area contributed by atoms with Crippen LogP contribution in [-0.4, -0.2) is 47.3 Å². The molecule has 0 heterocycles. The summed E-state index contributed by atoms with van der Waals surface area (Å²) in [4.78, 5) is -0.633. The Morgan fingerprint density at radius 1 is 0.692 bits per heavy atom. The first-order valence-corrected chi connectivity index (χ1v) is 6.63. The Bertz CT molecular complexity index is 511. The molecule has 0 spiro atoms. The molecule has 1 radical (unpaired) electrons. The van der Waals surface area contributed by atoms with Gasteiger partial charge in [0, 0.05) is 19.4 Å². The molecule has 26 heavy (non-hydrogen) atoms. The van der Waals surface area contributed by atoms with Gasteiger partial charge in [0.05, 0.1) is 4.99 Å². The molecule has 0 aliphatic heterocycles. The van der Waals surface area contributed by atoms with Crippen molar-refractivity contribution in [3.63, 3.8) is 0 Å². The minimum atomic E-state index is -7.88.